The van der Waals surface area contributed by atoms with Crippen molar-refractivity contribution >= 4 is 46.6 Å². The summed E-state index contributed by atoms with van der Waals surface area (Å²) in [5, 5.41) is 5.40. The van der Waals surface area contributed by atoms with Crippen LogP contribution < -0.4 is 21.5 Å². The van der Waals surface area contributed by atoms with Gasteiger partial charge in [-0.15, -0.1) is 0 Å². The minimum absolute atomic E-state index is 0.0245. The molecule has 4 N–H and O–H groups in total. The van der Waals surface area contributed by atoms with Gasteiger partial charge >= 0.3 is 0 Å². The molecule has 6 nitrogen and oxygen atoms in total. The van der Waals surface area contributed by atoms with Gasteiger partial charge in [-0.1, -0.05) is 30.3 Å². The number of thioether (sulfide) groups is 1. The topological polar surface area (TPSA) is 82.3 Å². The molecule has 0 aliphatic heterocycles. The van der Waals surface area contributed by atoms with E-state index in [2.05, 4.69) is 21.5 Å². The van der Waals surface area contributed by atoms with E-state index < -0.39 is 17.8 Å². The number of para-hydroxylation sites is 1. The fraction of sp³-hybridized carbons (Fsp3) is 0.211. The number of anilines is 1. The summed E-state index contributed by atoms with van der Waals surface area (Å²) in [5.74, 6) is -0.568. The summed E-state index contributed by atoms with van der Waals surface area (Å²) in [7, 11) is 0. The summed E-state index contributed by atoms with van der Waals surface area (Å²) in [5.41, 5.74) is 5.63. The van der Waals surface area contributed by atoms with Crippen LogP contribution in [0.3, 0.4) is 0 Å². The number of nitrogens with one attached hydrogen (secondary N) is 4. The highest BCUT2D eigenvalue weighted by molar-refractivity contribution is 7.98. The van der Waals surface area contributed by atoms with E-state index in [4.69, 9.17) is 12.2 Å². The molecule has 2 rings (SSSR count). The number of halogens is 1. The molecule has 0 saturated heterocycles. The molecule has 0 heterocycles. The average molecular weight is 421 g/mol. The van der Waals surface area contributed by atoms with Gasteiger partial charge in [0.05, 0.1) is 5.69 Å². The second-order valence-corrected chi connectivity index (χ2v) is 7.12. The van der Waals surface area contributed by atoms with E-state index >= 15 is 0 Å². The van der Waals surface area contributed by atoms with Crippen LogP contribution in [0.2, 0.25) is 0 Å². The number of hydrogen-bond acceptors (Lipinski definition) is 4. The molecule has 0 saturated carbocycles. The number of hydrazine groups is 1. The molecule has 0 fully saturated rings. The van der Waals surface area contributed by atoms with E-state index in [1.54, 1.807) is 48.2 Å². The number of benzene rings is 2. The molecular formula is C19H21FN4O2S2. The van der Waals surface area contributed by atoms with Gasteiger partial charge in [-0.2, -0.15) is 11.8 Å². The van der Waals surface area contributed by atoms with Gasteiger partial charge in [0.25, 0.3) is 11.8 Å². The largest absolute Gasteiger partial charge is 0.340 e. The van der Waals surface area contributed by atoms with Gasteiger partial charge in [-0.05, 0) is 54.9 Å². The third kappa shape index (κ3) is 6.82. The quantitative estimate of drug-likeness (QED) is 0.407. The zero-order chi connectivity index (χ0) is 20.4. The van der Waals surface area contributed by atoms with Crippen molar-refractivity contribution in [2.45, 2.75) is 12.5 Å². The molecular weight excluding hydrogens is 399 g/mol. The molecule has 0 bridgehead atoms. The Morgan fingerprint density at radius 2 is 1.75 bits per heavy atom. The Morgan fingerprint density at radius 3 is 2.43 bits per heavy atom. The van der Waals surface area contributed by atoms with Crippen molar-refractivity contribution in [3.8, 4) is 0 Å². The maximum atomic E-state index is 13.6. The lowest BCUT2D eigenvalue weighted by atomic mass is 10.1. The third-order valence-electron chi connectivity index (χ3n) is 3.69. The Bertz CT molecular complexity index is 821. The van der Waals surface area contributed by atoms with E-state index in [1.165, 1.54) is 12.1 Å². The van der Waals surface area contributed by atoms with Crippen LogP contribution >= 0.6 is 24.0 Å². The number of carbonyl (C=O) groups is 2. The molecule has 0 aliphatic carbocycles. The highest BCUT2D eigenvalue weighted by Crippen LogP contribution is 2.11. The highest BCUT2D eigenvalue weighted by Gasteiger charge is 2.21. The molecule has 1 atom stereocenters. The highest BCUT2D eigenvalue weighted by atomic mass is 32.2. The Hall–Kier alpha value is -2.65. The molecule has 0 aromatic heterocycles. The molecule has 9 heteroatoms. The normalized spacial score (nSPS) is 11.2. The predicted molar refractivity (Wildman–Crippen MR) is 115 cm³/mol. The maximum Gasteiger partial charge on any atom is 0.260 e. The van der Waals surface area contributed by atoms with Gasteiger partial charge in [-0.3, -0.25) is 20.4 Å². The van der Waals surface area contributed by atoms with Crippen LogP contribution in [0.4, 0.5) is 10.1 Å². The molecule has 0 unspecified atom stereocenters. The lowest BCUT2D eigenvalue weighted by Gasteiger charge is -2.19. The first-order chi connectivity index (χ1) is 13.5. The van der Waals surface area contributed by atoms with Gasteiger partial charge < -0.3 is 10.6 Å². The van der Waals surface area contributed by atoms with Gasteiger partial charge in [0.1, 0.15) is 11.9 Å². The standard InChI is InChI=1S/C19H21FN4O2S2/c1-28-12-11-16(21-17(25)13-7-3-2-4-8-13)18(26)23-24-19(27)22-15-10-6-5-9-14(15)20/h2-10,16H,11-12H2,1H3,(H,21,25)(H,23,26)(H2,22,24,27)/t16-/m1/s1. The monoisotopic (exact) mass is 420 g/mol. The first-order valence-corrected chi connectivity index (χ1v) is 10.3. The van der Waals surface area contributed by atoms with E-state index in [1.807, 2.05) is 12.3 Å². The van der Waals surface area contributed by atoms with E-state index in [0.29, 0.717) is 17.7 Å². The lowest BCUT2D eigenvalue weighted by molar-refractivity contribution is -0.123. The molecule has 0 aliphatic rings. The van der Waals surface area contributed by atoms with Crippen molar-refractivity contribution in [2.24, 2.45) is 0 Å². The number of carbonyl (C=O) groups excluding carboxylic acids is 2. The van der Waals surface area contributed by atoms with Crippen LogP contribution in [-0.4, -0.2) is 35.0 Å². The van der Waals surface area contributed by atoms with E-state index in [9.17, 15) is 14.0 Å². The minimum atomic E-state index is -0.746. The zero-order valence-corrected chi connectivity index (χ0v) is 16.8. The molecule has 148 valence electrons. The number of thiocarbonyl (C=S) groups is 1. The fourth-order valence-electron chi connectivity index (χ4n) is 2.26. The van der Waals surface area contributed by atoms with Crippen molar-refractivity contribution in [3.63, 3.8) is 0 Å². The van der Waals surface area contributed by atoms with Crippen LogP contribution in [-0.2, 0) is 4.79 Å². The maximum absolute atomic E-state index is 13.6. The Balaban J connectivity index is 1.92. The molecule has 28 heavy (non-hydrogen) atoms. The van der Waals surface area contributed by atoms with Crippen molar-refractivity contribution in [1.29, 1.82) is 0 Å². The predicted octanol–water partition coefficient (Wildman–Crippen LogP) is 2.70. The molecule has 2 aromatic carbocycles. The molecule has 0 radical (unpaired) electrons. The first-order valence-electron chi connectivity index (χ1n) is 8.47. The summed E-state index contributed by atoms with van der Waals surface area (Å²) in [6, 6.07) is 13.9. The van der Waals surface area contributed by atoms with Crippen LogP contribution in [0.25, 0.3) is 0 Å². The van der Waals surface area contributed by atoms with Crippen LogP contribution in [0.1, 0.15) is 16.8 Å². The fourth-order valence-corrected chi connectivity index (χ4v) is 2.89. The Kier molecular flexibility index (Phi) is 8.70. The van der Waals surface area contributed by atoms with Gasteiger partial charge in [-0.25, -0.2) is 4.39 Å². The zero-order valence-electron chi connectivity index (χ0n) is 15.2. The molecule has 2 amide bonds. The van der Waals surface area contributed by atoms with Gasteiger partial charge in [0.2, 0.25) is 0 Å². The molecule has 0 spiro atoms. The lowest BCUT2D eigenvalue weighted by Crippen LogP contribution is -2.53. The number of amides is 2. The number of hydrogen-bond donors (Lipinski definition) is 4. The second kappa shape index (κ2) is 11.3. The Morgan fingerprint density at radius 1 is 1.07 bits per heavy atom. The number of rotatable bonds is 7. The van der Waals surface area contributed by atoms with Crippen LogP contribution in [0, 0.1) is 5.82 Å². The van der Waals surface area contributed by atoms with Crippen molar-refractivity contribution in [3.05, 3.63) is 66.0 Å². The summed E-state index contributed by atoms with van der Waals surface area (Å²) in [6.07, 6.45) is 2.36. The summed E-state index contributed by atoms with van der Waals surface area (Å²) >= 11 is 6.62. The van der Waals surface area contributed by atoms with Gasteiger partial charge in [0, 0.05) is 5.56 Å². The van der Waals surface area contributed by atoms with E-state index in [0.717, 1.165) is 0 Å². The van der Waals surface area contributed by atoms with E-state index in [-0.39, 0.29) is 16.7 Å². The van der Waals surface area contributed by atoms with Crippen molar-refractivity contribution in [2.75, 3.05) is 17.3 Å². The SMILES string of the molecule is CSCC[C@@H](NC(=O)c1ccccc1)C(=O)NNC(=S)Nc1ccccc1F. The summed E-state index contributed by atoms with van der Waals surface area (Å²) in [4.78, 5) is 24.8. The third-order valence-corrected chi connectivity index (χ3v) is 4.54. The summed E-state index contributed by atoms with van der Waals surface area (Å²) in [6.45, 7) is 0. The Labute approximate surface area is 172 Å². The van der Waals surface area contributed by atoms with Crippen LogP contribution in [0.15, 0.2) is 54.6 Å². The second-order valence-electron chi connectivity index (χ2n) is 5.72. The van der Waals surface area contributed by atoms with Crippen molar-refractivity contribution in [1.82, 2.24) is 16.2 Å². The molecule has 2 aromatic rings. The summed E-state index contributed by atoms with van der Waals surface area (Å²) < 4.78 is 13.6. The minimum Gasteiger partial charge on any atom is -0.340 e. The smallest absolute Gasteiger partial charge is 0.260 e. The first kappa shape index (κ1) is 21.6. The van der Waals surface area contributed by atoms with Gasteiger partial charge in [0.15, 0.2) is 5.11 Å². The van der Waals surface area contributed by atoms with Crippen molar-refractivity contribution < 1.29 is 14.0 Å². The average Bonchev–Trinajstić information content (AvgIpc) is 2.71. The van der Waals surface area contributed by atoms with Crippen LogP contribution in [0.5, 0.6) is 0 Å².